The molecule has 7 nitrogen and oxygen atoms in total. The summed E-state index contributed by atoms with van der Waals surface area (Å²) < 4.78 is 22.8. The monoisotopic (exact) mass is 360 g/mol. The van der Waals surface area contributed by atoms with Gasteiger partial charge in [0.25, 0.3) is 11.8 Å². The molecule has 0 saturated heterocycles. The maximum absolute atomic E-state index is 12.8. The van der Waals surface area contributed by atoms with Gasteiger partial charge >= 0.3 is 5.97 Å². The lowest BCUT2D eigenvalue weighted by Crippen LogP contribution is -2.40. The van der Waals surface area contributed by atoms with Crippen LogP contribution in [0.3, 0.4) is 0 Å². The second-order valence-electron chi connectivity index (χ2n) is 5.16. The molecule has 0 aliphatic rings. The Labute approximate surface area is 148 Å². The van der Waals surface area contributed by atoms with Gasteiger partial charge in [0.05, 0.1) is 13.5 Å². The van der Waals surface area contributed by atoms with E-state index < -0.39 is 17.6 Å². The smallest absolute Gasteiger partial charge is 0.305 e. The van der Waals surface area contributed by atoms with Gasteiger partial charge in [-0.1, -0.05) is 0 Å². The van der Waals surface area contributed by atoms with Gasteiger partial charge in [0.2, 0.25) is 0 Å². The summed E-state index contributed by atoms with van der Waals surface area (Å²) in [5.74, 6) is -0.944. The number of benzene rings is 1. The Bertz CT molecular complexity index is 811. The SMILES string of the molecule is COC(=O)CCc1ccc(/C=C/C(=O)NNC(=O)c2ccc(F)cc2)o1. The average Bonchev–Trinajstić information content (AvgIpc) is 3.11. The molecule has 0 spiro atoms. The summed E-state index contributed by atoms with van der Waals surface area (Å²) in [4.78, 5) is 34.5. The number of carbonyl (C=O) groups excluding carboxylic acids is 3. The summed E-state index contributed by atoms with van der Waals surface area (Å²) in [5.41, 5.74) is 4.61. The Hall–Kier alpha value is -3.42. The van der Waals surface area contributed by atoms with Gasteiger partial charge in [-0.15, -0.1) is 0 Å². The molecule has 0 saturated carbocycles. The Morgan fingerprint density at radius 2 is 1.85 bits per heavy atom. The second-order valence-corrected chi connectivity index (χ2v) is 5.16. The summed E-state index contributed by atoms with van der Waals surface area (Å²) in [7, 11) is 1.31. The van der Waals surface area contributed by atoms with Crippen molar-refractivity contribution in [3.05, 3.63) is 65.4 Å². The van der Waals surface area contributed by atoms with E-state index in [1.54, 1.807) is 12.1 Å². The second kappa shape index (κ2) is 9.16. The number of furan rings is 1. The topological polar surface area (TPSA) is 97.6 Å². The highest BCUT2D eigenvalue weighted by Crippen LogP contribution is 2.11. The highest BCUT2D eigenvalue weighted by Gasteiger charge is 2.07. The van der Waals surface area contributed by atoms with Crippen LogP contribution in [0, 0.1) is 5.82 Å². The van der Waals surface area contributed by atoms with Crippen molar-refractivity contribution in [3.63, 3.8) is 0 Å². The molecule has 1 heterocycles. The molecule has 2 N–H and O–H groups in total. The van der Waals surface area contributed by atoms with Crippen molar-refractivity contribution in [1.29, 1.82) is 0 Å². The van der Waals surface area contributed by atoms with E-state index in [0.717, 1.165) is 12.1 Å². The molecule has 1 aromatic carbocycles. The maximum atomic E-state index is 12.8. The van der Waals surface area contributed by atoms with Crippen LogP contribution in [0.1, 0.15) is 28.3 Å². The maximum Gasteiger partial charge on any atom is 0.305 e. The molecule has 2 rings (SSSR count). The normalized spacial score (nSPS) is 10.5. The van der Waals surface area contributed by atoms with E-state index in [0.29, 0.717) is 17.9 Å². The Morgan fingerprint density at radius 3 is 2.54 bits per heavy atom. The molecule has 0 unspecified atom stereocenters. The highest BCUT2D eigenvalue weighted by molar-refractivity contribution is 5.97. The fourth-order valence-electron chi connectivity index (χ4n) is 1.94. The number of hydrogen-bond donors (Lipinski definition) is 2. The Kier molecular flexibility index (Phi) is 6.67. The number of methoxy groups -OCH3 is 1. The van der Waals surface area contributed by atoms with Gasteiger partial charge in [-0.25, -0.2) is 4.39 Å². The highest BCUT2D eigenvalue weighted by atomic mass is 19.1. The Morgan fingerprint density at radius 1 is 1.12 bits per heavy atom. The van der Waals surface area contributed by atoms with Crippen LogP contribution in [0.15, 0.2) is 46.9 Å². The van der Waals surface area contributed by atoms with Gasteiger partial charge in [-0.3, -0.25) is 25.2 Å². The number of amides is 2. The van der Waals surface area contributed by atoms with Gasteiger partial charge in [0, 0.05) is 18.1 Å². The molecule has 136 valence electrons. The van der Waals surface area contributed by atoms with E-state index in [-0.39, 0.29) is 18.0 Å². The molecule has 2 amide bonds. The number of hydrazine groups is 1. The minimum absolute atomic E-state index is 0.197. The van der Waals surface area contributed by atoms with Crippen LogP contribution in [0.25, 0.3) is 6.08 Å². The van der Waals surface area contributed by atoms with Crippen LogP contribution in [0.5, 0.6) is 0 Å². The van der Waals surface area contributed by atoms with Crippen LogP contribution in [0.4, 0.5) is 4.39 Å². The van der Waals surface area contributed by atoms with Crippen LogP contribution < -0.4 is 10.9 Å². The largest absolute Gasteiger partial charge is 0.469 e. The molecule has 0 atom stereocenters. The van der Waals surface area contributed by atoms with E-state index in [9.17, 15) is 18.8 Å². The summed E-state index contributed by atoms with van der Waals surface area (Å²) in [6.45, 7) is 0. The molecule has 8 heteroatoms. The number of esters is 1. The van der Waals surface area contributed by atoms with Gasteiger partial charge in [-0.05, 0) is 42.5 Å². The fraction of sp³-hybridized carbons (Fsp3) is 0.167. The van der Waals surface area contributed by atoms with E-state index >= 15 is 0 Å². The number of aryl methyl sites for hydroxylation is 1. The number of rotatable bonds is 6. The van der Waals surface area contributed by atoms with Crippen molar-refractivity contribution < 1.29 is 27.9 Å². The molecule has 0 fully saturated rings. The minimum atomic E-state index is -0.576. The first-order chi connectivity index (χ1) is 12.5. The summed E-state index contributed by atoms with van der Waals surface area (Å²) in [5, 5.41) is 0. The van der Waals surface area contributed by atoms with Gasteiger partial charge in [0.15, 0.2) is 0 Å². The zero-order valence-corrected chi connectivity index (χ0v) is 14.0. The van der Waals surface area contributed by atoms with Crippen molar-refractivity contribution in [3.8, 4) is 0 Å². The van der Waals surface area contributed by atoms with Crippen LogP contribution >= 0.6 is 0 Å². The standard InChI is InChI=1S/C18H17FN2O5/c1-25-17(23)11-9-15-7-6-14(26-15)8-10-16(22)20-21-18(24)12-2-4-13(19)5-3-12/h2-8,10H,9,11H2,1H3,(H,20,22)(H,21,24)/b10-8+. The first kappa shape index (κ1) is 18.9. The van der Waals surface area contributed by atoms with Crippen LogP contribution in [0.2, 0.25) is 0 Å². The van der Waals surface area contributed by atoms with Crippen LogP contribution in [-0.2, 0) is 20.7 Å². The number of ether oxygens (including phenoxy) is 1. The van der Waals surface area contributed by atoms with Crippen molar-refractivity contribution in [2.24, 2.45) is 0 Å². The zero-order chi connectivity index (χ0) is 18.9. The van der Waals surface area contributed by atoms with Crippen molar-refractivity contribution in [2.45, 2.75) is 12.8 Å². The molecular weight excluding hydrogens is 343 g/mol. The zero-order valence-electron chi connectivity index (χ0n) is 14.0. The average molecular weight is 360 g/mol. The number of halogens is 1. The van der Waals surface area contributed by atoms with Gasteiger partial charge < -0.3 is 9.15 Å². The van der Waals surface area contributed by atoms with Crippen molar-refractivity contribution in [2.75, 3.05) is 7.11 Å². The predicted octanol–water partition coefficient (Wildman–Crippen LogP) is 2.00. The van der Waals surface area contributed by atoms with Crippen molar-refractivity contribution in [1.82, 2.24) is 10.9 Å². The number of carbonyl (C=O) groups is 3. The lowest BCUT2D eigenvalue weighted by Gasteiger charge is -2.04. The predicted molar refractivity (Wildman–Crippen MR) is 90.1 cm³/mol. The first-order valence-corrected chi connectivity index (χ1v) is 7.67. The third-order valence-electron chi connectivity index (χ3n) is 3.29. The summed E-state index contributed by atoms with van der Waals surface area (Å²) in [6, 6.07) is 8.22. The van der Waals surface area contributed by atoms with Gasteiger partial charge in [0.1, 0.15) is 17.3 Å². The number of nitrogens with one attached hydrogen (secondary N) is 2. The molecular formula is C18H17FN2O5. The van der Waals surface area contributed by atoms with Gasteiger partial charge in [-0.2, -0.15) is 0 Å². The molecule has 1 aromatic heterocycles. The lowest BCUT2D eigenvalue weighted by molar-refractivity contribution is -0.140. The molecule has 0 radical (unpaired) electrons. The minimum Gasteiger partial charge on any atom is -0.469 e. The van der Waals surface area contributed by atoms with Crippen LogP contribution in [-0.4, -0.2) is 24.9 Å². The lowest BCUT2D eigenvalue weighted by atomic mass is 10.2. The van der Waals surface area contributed by atoms with E-state index in [1.165, 1.54) is 31.4 Å². The molecule has 2 aromatic rings. The quantitative estimate of drug-likeness (QED) is 0.466. The molecule has 0 aliphatic carbocycles. The number of hydrogen-bond acceptors (Lipinski definition) is 5. The van der Waals surface area contributed by atoms with E-state index in [2.05, 4.69) is 15.6 Å². The molecule has 26 heavy (non-hydrogen) atoms. The fourth-order valence-corrected chi connectivity index (χ4v) is 1.94. The van der Waals surface area contributed by atoms with E-state index in [1.807, 2.05) is 0 Å². The summed E-state index contributed by atoms with van der Waals surface area (Å²) in [6.07, 6.45) is 3.18. The Balaban J connectivity index is 1.80. The first-order valence-electron chi connectivity index (χ1n) is 7.67. The summed E-state index contributed by atoms with van der Waals surface area (Å²) >= 11 is 0. The molecule has 0 aliphatic heterocycles. The van der Waals surface area contributed by atoms with Crippen molar-refractivity contribution >= 4 is 23.9 Å². The third-order valence-corrected chi connectivity index (χ3v) is 3.29. The third kappa shape index (κ3) is 5.90. The molecule has 0 bridgehead atoms. The van der Waals surface area contributed by atoms with E-state index in [4.69, 9.17) is 4.42 Å².